The molecule has 0 aromatic heterocycles. The fourth-order valence-electron chi connectivity index (χ4n) is 2.94. The van der Waals surface area contributed by atoms with Crippen molar-refractivity contribution in [3.05, 3.63) is 59.7 Å². The van der Waals surface area contributed by atoms with Crippen molar-refractivity contribution in [2.45, 2.75) is 20.0 Å². The van der Waals surface area contributed by atoms with Gasteiger partial charge in [-0.15, -0.1) is 0 Å². The topological polar surface area (TPSA) is 67.9 Å². The van der Waals surface area contributed by atoms with E-state index in [0.29, 0.717) is 37.6 Å². The van der Waals surface area contributed by atoms with Crippen LogP contribution < -0.4 is 10.1 Å². The van der Waals surface area contributed by atoms with Crippen molar-refractivity contribution in [1.82, 2.24) is 4.90 Å². The highest BCUT2D eigenvalue weighted by Crippen LogP contribution is 2.17. The van der Waals surface area contributed by atoms with E-state index >= 15 is 0 Å². The smallest absolute Gasteiger partial charge is 0.254 e. The van der Waals surface area contributed by atoms with Crippen molar-refractivity contribution in [3.8, 4) is 5.75 Å². The van der Waals surface area contributed by atoms with Crippen molar-refractivity contribution in [1.29, 1.82) is 0 Å². The van der Waals surface area contributed by atoms with Crippen molar-refractivity contribution in [2.24, 2.45) is 0 Å². The average Bonchev–Trinajstić information content (AvgIpc) is 2.67. The Morgan fingerprint density at radius 2 is 2.00 bits per heavy atom. The number of amides is 2. The Kier molecular flexibility index (Phi) is 6.08. The van der Waals surface area contributed by atoms with Gasteiger partial charge in [0.2, 0.25) is 5.91 Å². The molecular weight excluding hydrogens is 344 g/mol. The molecule has 1 N–H and O–H groups in total. The van der Waals surface area contributed by atoms with Gasteiger partial charge in [-0.1, -0.05) is 23.8 Å². The maximum absolute atomic E-state index is 12.8. The third-order valence-electron chi connectivity index (χ3n) is 4.31. The van der Waals surface area contributed by atoms with Crippen molar-refractivity contribution < 1.29 is 19.1 Å². The highest BCUT2D eigenvalue weighted by atomic mass is 16.5. The molecule has 1 fully saturated rings. The van der Waals surface area contributed by atoms with Crippen LogP contribution >= 0.6 is 0 Å². The standard InChI is InChI=1S/C21H24N2O4/c1-15-6-8-19(9-7-15)27-14-20-13-23(10-11-26-20)21(25)17-4-3-5-18(12-17)22-16(2)24/h3-9,12,20H,10-11,13-14H2,1-2H3,(H,22,24). The lowest BCUT2D eigenvalue weighted by Crippen LogP contribution is -2.47. The van der Waals surface area contributed by atoms with Gasteiger partial charge in [-0.3, -0.25) is 9.59 Å². The number of ether oxygens (including phenoxy) is 2. The number of carbonyl (C=O) groups is 2. The molecule has 0 aliphatic carbocycles. The lowest BCUT2D eigenvalue weighted by Gasteiger charge is -2.33. The Labute approximate surface area is 159 Å². The number of morpholine rings is 1. The van der Waals surface area contributed by atoms with Crippen molar-refractivity contribution in [3.63, 3.8) is 0 Å². The van der Waals surface area contributed by atoms with E-state index in [0.717, 1.165) is 5.75 Å². The summed E-state index contributed by atoms with van der Waals surface area (Å²) in [6.45, 7) is 5.32. The van der Waals surface area contributed by atoms with Crippen molar-refractivity contribution >= 4 is 17.5 Å². The number of carbonyl (C=O) groups excluding carboxylic acids is 2. The van der Waals surface area contributed by atoms with Gasteiger partial charge in [-0.05, 0) is 37.3 Å². The molecule has 0 bridgehead atoms. The third kappa shape index (κ3) is 5.31. The third-order valence-corrected chi connectivity index (χ3v) is 4.31. The van der Waals surface area contributed by atoms with Crippen LogP contribution in [0.25, 0.3) is 0 Å². The van der Waals surface area contributed by atoms with Gasteiger partial charge in [0.1, 0.15) is 18.5 Å². The van der Waals surface area contributed by atoms with E-state index in [2.05, 4.69) is 5.32 Å². The van der Waals surface area contributed by atoms with Crippen LogP contribution in [0.4, 0.5) is 5.69 Å². The molecule has 0 saturated carbocycles. The van der Waals surface area contributed by atoms with Gasteiger partial charge in [0, 0.05) is 24.7 Å². The lowest BCUT2D eigenvalue weighted by atomic mass is 10.1. The molecule has 142 valence electrons. The summed E-state index contributed by atoms with van der Waals surface area (Å²) in [5.74, 6) is 0.542. The predicted molar refractivity (Wildman–Crippen MR) is 103 cm³/mol. The van der Waals surface area contributed by atoms with Gasteiger partial charge in [-0.25, -0.2) is 0 Å². The quantitative estimate of drug-likeness (QED) is 0.881. The van der Waals surface area contributed by atoms with E-state index in [4.69, 9.17) is 9.47 Å². The zero-order valence-electron chi connectivity index (χ0n) is 15.6. The fourth-order valence-corrected chi connectivity index (χ4v) is 2.94. The first-order chi connectivity index (χ1) is 13.0. The summed E-state index contributed by atoms with van der Waals surface area (Å²) in [7, 11) is 0. The number of nitrogens with zero attached hydrogens (tertiary/aromatic N) is 1. The summed E-state index contributed by atoms with van der Waals surface area (Å²) in [6.07, 6.45) is -0.178. The largest absolute Gasteiger partial charge is 0.491 e. The monoisotopic (exact) mass is 368 g/mol. The van der Waals surface area contributed by atoms with Gasteiger partial charge >= 0.3 is 0 Å². The van der Waals surface area contributed by atoms with Crippen LogP contribution in [0.5, 0.6) is 5.75 Å². The molecule has 27 heavy (non-hydrogen) atoms. The number of benzene rings is 2. The first-order valence-corrected chi connectivity index (χ1v) is 8.99. The second-order valence-corrected chi connectivity index (χ2v) is 6.63. The van der Waals surface area contributed by atoms with Crippen LogP contribution in [0.2, 0.25) is 0 Å². The molecule has 0 spiro atoms. The summed E-state index contributed by atoms with van der Waals surface area (Å²) in [5.41, 5.74) is 2.33. The zero-order valence-corrected chi connectivity index (χ0v) is 15.6. The van der Waals surface area contributed by atoms with Gasteiger partial charge in [-0.2, -0.15) is 0 Å². The number of rotatable bonds is 5. The first kappa shape index (κ1) is 18.9. The Balaban J connectivity index is 1.59. The maximum atomic E-state index is 12.8. The molecule has 1 heterocycles. The van der Waals surface area contributed by atoms with Gasteiger partial charge in [0.25, 0.3) is 5.91 Å². The summed E-state index contributed by atoms with van der Waals surface area (Å²) in [5, 5.41) is 2.70. The molecule has 6 nitrogen and oxygen atoms in total. The Morgan fingerprint density at radius 1 is 1.22 bits per heavy atom. The minimum absolute atomic E-state index is 0.0779. The molecule has 3 rings (SSSR count). The molecule has 1 atom stereocenters. The summed E-state index contributed by atoms with van der Waals surface area (Å²) < 4.78 is 11.5. The number of hydrogen-bond donors (Lipinski definition) is 1. The maximum Gasteiger partial charge on any atom is 0.254 e. The molecule has 2 aromatic rings. The second-order valence-electron chi connectivity index (χ2n) is 6.63. The Morgan fingerprint density at radius 3 is 2.74 bits per heavy atom. The molecule has 2 aromatic carbocycles. The van der Waals surface area contributed by atoms with Crippen LogP contribution in [0.15, 0.2) is 48.5 Å². The fraction of sp³-hybridized carbons (Fsp3) is 0.333. The Bertz CT molecular complexity index is 804. The van der Waals surface area contributed by atoms with Crippen molar-refractivity contribution in [2.75, 3.05) is 31.6 Å². The molecule has 1 unspecified atom stereocenters. The van der Waals surface area contributed by atoms with E-state index in [1.165, 1.54) is 12.5 Å². The van der Waals surface area contributed by atoms with Crippen LogP contribution in [-0.2, 0) is 9.53 Å². The lowest BCUT2D eigenvalue weighted by molar-refractivity contribution is -0.114. The van der Waals surface area contributed by atoms with Crippen LogP contribution in [-0.4, -0.2) is 49.1 Å². The summed E-state index contributed by atoms with van der Waals surface area (Å²) in [4.78, 5) is 25.8. The number of aryl methyl sites for hydroxylation is 1. The first-order valence-electron chi connectivity index (χ1n) is 8.99. The summed E-state index contributed by atoms with van der Waals surface area (Å²) >= 11 is 0. The van der Waals surface area contributed by atoms with E-state index in [1.54, 1.807) is 29.2 Å². The highest BCUT2D eigenvalue weighted by molar-refractivity contribution is 5.96. The average molecular weight is 368 g/mol. The second kappa shape index (κ2) is 8.68. The van der Waals surface area contributed by atoms with E-state index in [-0.39, 0.29) is 17.9 Å². The Hall–Kier alpha value is -2.86. The number of nitrogens with one attached hydrogen (secondary N) is 1. The molecule has 1 aliphatic heterocycles. The van der Waals surface area contributed by atoms with E-state index in [9.17, 15) is 9.59 Å². The minimum Gasteiger partial charge on any atom is -0.491 e. The number of anilines is 1. The predicted octanol–water partition coefficient (Wildman–Crippen LogP) is 2.87. The van der Waals surface area contributed by atoms with Gasteiger partial charge in [0.05, 0.1) is 13.2 Å². The normalized spacial score (nSPS) is 16.7. The molecule has 0 radical (unpaired) electrons. The zero-order chi connectivity index (χ0) is 19.2. The molecule has 1 aliphatic rings. The number of hydrogen-bond acceptors (Lipinski definition) is 4. The molecule has 6 heteroatoms. The van der Waals surface area contributed by atoms with Crippen LogP contribution in [0.1, 0.15) is 22.8 Å². The minimum atomic E-state index is -0.178. The van der Waals surface area contributed by atoms with Crippen LogP contribution in [0, 0.1) is 6.92 Å². The van der Waals surface area contributed by atoms with Gasteiger partial charge < -0.3 is 19.7 Å². The SMILES string of the molecule is CC(=O)Nc1cccc(C(=O)N2CCOC(COc3ccc(C)cc3)C2)c1. The van der Waals surface area contributed by atoms with Crippen LogP contribution in [0.3, 0.4) is 0 Å². The molecule has 2 amide bonds. The molecular formula is C21H24N2O4. The summed E-state index contributed by atoms with van der Waals surface area (Å²) in [6, 6.07) is 14.8. The van der Waals surface area contributed by atoms with E-state index in [1.807, 2.05) is 31.2 Å². The highest BCUT2D eigenvalue weighted by Gasteiger charge is 2.25. The molecule has 1 saturated heterocycles. The van der Waals surface area contributed by atoms with E-state index < -0.39 is 0 Å². The van der Waals surface area contributed by atoms with Gasteiger partial charge in [0.15, 0.2) is 0 Å².